The molecule has 1 rings (SSSR count). The minimum absolute atomic E-state index is 0.175. The zero-order valence-corrected chi connectivity index (χ0v) is 14.0. The zero-order chi connectivity index (χ0) is 16.2. The van der Waals surface area contributed by atoms with E-state index in [4.69, 9.17) is 10.8 Å². The van der Waals surface area contributed by atoms with E-state index in [0.717, 1.165) is 5.69 Å². The molecule has 0 radical (unpaired) electrons. The molecule has 0 aliphatic rings. The van der Waals surface area contributed by atoms with E-state index in [-0.39, 0.29) is 15.0 Å². The number of H-pyrrole nitrogens is 1. The van der Waals surface area contributed by atoms with Crippen molar-refractivity contribution >= 4 is 31.6 Å². The van der Waals surface area contributed by atoms with Crippen LogP contribution in [0, 0.1) is 0 Å². The second kappa shape index (κ2) is 7.04. The predicted molar refractivity (Wildman–Crippen MR) is 77.6 cm³/mol. The van der Waals surface area contributed by atoms with Crippen LogP contribution >= 0.6 is 0 Å². The summed E-state index contributed by atoms with van der Waals surface area (Å²) in [5, 5.41) is 18.3. The number of nitrogens with one attached hydrogen (secondary N) is 1. The quantitative estimate of drug-likeness (QED) is 0.321. The SMILES string of the molecule is C[N+](C)(C)[C@@H](Cc1cnc([Se]C[C@H](N)C(=O)O)[nH]1)C(=O)O. The number of nitrogens with zero attached hydrogens (tertiary/aromatic N) is 2. The topological polar surface area (TPSA) is 129 Å². The minimum atomic E-state index is -1.03. The van der Waals surface area contributed by atoms with E-state index in [1.807, 2.05) is 21.1 Å². The van der Waals surface area contributed by atoms with Crippen molar-refractivity contribution in [3.05, 3.63) is 11.9 Å². The third kappa shape index (κ3) is 5.47. The van der Waals surface area contributed by atoms with Crippen LogP contribution in [0.1, 0.15) is 5.69 Å². The van der Waals surface area contributed by atoms with E-state index in [1.54, 1.807) is 6.20 Å². The molecule has 1 aromatic heterocycles. The summed E-state index contributed by atoms with van der Waals surface area (Å²) in [5.41, 5.74) is 6.18. The fraction of sp³-hybridized carbons (Fsp3) is 0.583. The molecule has 0 bridgehead atoms. The Morgan fingerprint density at radius 1 is 1.38 bits per heavy atom. The summed E-state index contributed by atoms with van der Waals surface area (Å²) in [6.45, 7) is 0. The molecule has 1 heterocycles. The van der Waals surface area contributed by atoms with Crippen molar-refractivity contribution in [1.82, 2.24) is 9.97 Å². The van der Waals surface area contributed by atoms with Crippen molar-refractivity contribution < 1.29 is 24.3 Å². The molecule has 0 saturated heterocycles. The van der Waals surface area contributed by atoms with Gasteiger partial charge >= 0.3 is 128 Å². The van der Waals surface area contributed by atoms with Crippen LogP contribution in [0.25, 0.3) is 0 Å². The molecule has 0 aliphatic heterocycles. The van der Waals surface area contributed by atoms with Gasteiger partial charge in [-0.2, -0.15) is 0 Å². The Labute approximate surface area is 129 Å². The first-order valence-corrected chi connectivity index (χ1v) is 8.37. The molecule has 9 heteroatoms. The van der Waals surface area contributed by atoms with Gasteiger partial charge in [0.25, 0.3) is 0 Å². The number of imidazole rings is 1. The summed E-state index contributed by atoms with van der Waals surface area (Å²) in [6.07, 6.45) is 1.95. The van der Waals surface area contributed by atoms with Gasteiger partial charge in [-0.1, -0.05) is 0 Å². The van der Waals surface area contributed by atoms with Gasteiger partial charge in [0.1, 0.15) is 0 Å². The Bertz CT molecular complexity index is 512. The monoisotopic (exact) mass is 365 g/mol. The predicted octanol–water partition coefficient (Wildman–Crippen LogP) is -1.73. The number of aromatic amines is 1. The summed E-state index contributed by atoms with van der Waals surface area (Å²) in [6, 6.07) is -1.47. The van der Waals surface area contributed by atoms with E-state index in [1.165, 1.54) is 0 Å². The zero-order valence-electron chi connectivity index (χ0n) is 12.2. The second-order valence-electron chi connectivity index (χ2n) is 5.64. The Kier molecular flexibility index (Phi) is 5.91. The molecular weight excluding hydrogens is 343 g/mol. The molecule has 0 spiro atoms. The van der Waals surface area contributed by atoms with Gasteiger partial charge < -0.3 is 0 Å². The third-order valence-electron chi connectivity index (χ3n) is 2.96. The van der Waals surface area contributed by atoms with Crippen molar-refractivity contribution in [3.8, 4) is 0 Å². The summed E-state index contributed by atoms with van der Waals surface area (Å²) in [7, 11) is 5.48. The molecule has 0 aliphatic carbocycles. The van der Waals surface area contributed by atoms with Gasteiger partial charge in [-0.25, -0.2) is 0 Å². The van der Waals surface area contributed by atoms with Crippen molar-refractivity contribution in [1.29, 1.82) is 0 Å². The number of carboxylic acid groups (broad SMARTS) is 2. The van der Waals surface area contributed by atoms with Crippen LogP contribution in [0.4, 0.5) is 0 Å². The van der Waals surface area contributed by atoms with Gasteiger partial charge in [-0.15, -0.1) is 0 Å². The number of aromatic nitrogens is 2. The number of aliphatic carboxylic acids is 2. The maximum absolute atomic E-state index is 11.3. The first-order chi connectivity index (χ1) is 9.61. The standard InChI is InChI=1S/C12H20N4O4Se/c1-16(2,3)9(11(19)20)4-7-5-14-12(15-7)21-6-8(13)10(17)18/h5,8-9H,4,6,13H2,1-3H3,(H2-,14,15,17,18,19,20)/p+1/t8-,9-/m0/s1. The van der Waals surface area contributed by atoms with Crippen LogP contribution in [0.15, 0.2) is 6.20 Å². The number of carboxylic acids is 2. The average molecular weight is 364 g/mol. The average Bonchev–Trinajstić information content (AvgIpc) is 2.78. The summed E-state index contributed by atoms with van der Waals surface area (Å²) < 4.78 is 0.985. The Hall–Kier alpha value is -1.41. The number of nitrogens with two attached hydrogens (primary N) is 1. The summed E-state index contributed by atoms with van der Waals surface area (Å²) in [4.78, 5) is 29.2. The number of likely N-dealkylation sites (N-methyl/N-ethyl adjacent to an activating group) is 1. The van der Waals surface area contributed by atoms with E-state index in [2.05, 4.69) is 9.97 Å². The number of hydrogen-bond donors (Lipinski definition) is 4. The Morgan fingerprint density at radius 2 is 2.00 bits per heavy atom. The molecule has 0 unspecified atom stereocenters. The van der Waals surface area contributed by atoms with E-state index >= 15 is 0 Å². The van der Waals surface area contributed by atoms with Crippen molar-refractivity contribution in [2.75, 3.05) is 21.1 Å². The van der Waals surface area contributed by atoms with Crippen LogP contribution < -0.4 is 10.5 Å². The van der Waals surface area contributed by atoms with Crippen LogP contribution in [0.2, 0.25) is 5.32 Å². The first kappa shape index (κ1) is 17.6. The molecule has 0 fully saturated rings. The van der Waals surface area contributed by atoms with Gasteiger partial charge in [0, 0.05) is 0 Å². The van der Waals surface area contributed by atoms with E-state index in [9.17, 15) is 14.7 Å². The number of quaternary nitrogens is 1. The van der Waals surface area contributed by atoms with Crippen LogP contribution in [0.3, 0.4) is 0 Å². The fourth-order valence-electron chi connectivity index (χ4n) is 1.66. The van der Waals surface area contributed by atoms with Crippen LogP contribution in [-0.4, -0.2) is 84.8 Å². The van der Waals surface area contributed by atoms with Gasteiger partial charge in [-0.3, -0.25) is 0 Å². The number of rotatable bonds is 8. The van der Waals surface area contributed by atoms with Gasteiger partial charge in [-0.05, 0) is 0 Å². The molecular formula is C12H21N4O4Se+. The van der Waals surface area contributed by atoms with E-state index in [0.29, 0.717) is 20.9 Å². The molecule has 0 saturated carbocycles. The Morgan fingerprint density at radius 3 is 2.48 bits per heavy atom. The molecule has 2 atom stereocenters. The van der Waals surface area contributed by atoms with Gasteiger partial charge in [0.15, 0.2) is 0 Å². The molecule has 118 valence electrons. The molecule has 8 nitrogen and oxygen atoms in total. The normalized spacial score (nSPS) is 14.7. The number of carbonyl (C=O) groups is 2. The fourth-order valence-corrected chi connectivity index (χ4v) is 3.36. The third-order valence-corrected chi connectivity index (χ3v) is 5.07. The first-order valence-electron chi connectivity index (χ1n) is 6.30. The maximum atomic E-state index is 11.3. The van der Waals surface area contributed by atoms with Gasteiger partial charge in [0.05, 0.1) is 0 Å². The molecule has 5 N–H and O–H groups in total. The Balaban J connectivity index is 2.66. The number of hydrogen-bond acceptors (Lipinski definition) is 4. The summed E-state index contributed by atoms with van der Waals surface area (Å²) in [5.74, 6) is -1.89. The molecule has 21 heavy (non-hydrogen) atoms. The molecule has 1 aromatic rings. The van der Waals surface area contributed by atoms with Crippen LogP contribution in [-0.2, 0) is 16.0 Å². The van der Waals surface area contributed by atoms with Crippen molar-refractivity contribution in [2.24, 2.45) is 5.73 Å². The van der Waals surface area contributed by atoms with Crippen molar-refractivity contribution in [2.45, 2.75) is 23.8 Å². The van der Waals surface area contributed by atoms with Crippen LogP contribution in [0.5, 0.6) is 0 Å². The molecule has 0 amide bonds. The summed E-state index contributed by atoms with van der Waals surface area (Å²) >= 11 is -0.175. The van der Waals surface area contributed by atoms with E-state index < -0.39 is 24.0 Å². The second-order valence-corrected chi connectivity index (χ2v) is 7.76. The van der Waals surface area contributed by atoms with Gasteiger partial charge in [0.2, 0.25) is 0 Å². The van der Waals surface area contributed by atoms with Crippen molar-refractivity contribution in [3.63, 3.8) is 0 Å². The molecule has 0 aromatic carbocycles.